The van der Waals surface area contributed by atoms with Crippen LogP contribution in [0.25, 0.3) is 0 Å². The van der Waals surface area contributed by atoms with Crippen molar-refractivity contribution in [2.24, 2.45) is 4.99 Å². The average molecular weight is 405 g/mol. The fourth-order valence-corrected chi connectivity index (χ4v) is 2.81. The van der Waals surface area contributed by atoms with E-state index in [1.807, 2.05) is 38.8 Å². The molecule has 7 heteroatoms. The number of rotatable bonds is 6. The molecule has 2 aromatic carbocycles. The summed E-state index contributed by atoms with van der Waals surface area (Å²) in [7, 11) is 3.51. The average Bonchev–Trinajstić information content (AvgIpc) is 2.66. The fraction of sp³-hybridized carbons (Fsp3) is 0.364. The molecule has 0 aromatic heterocycles. The van der Waals surface area contributed by atoms with E-state index in [0.717, 1.165) is 35.5 Å². The number of aliphatic imine (C=N–C) groups is 1. The van der Waals surface area contributed by atoms with Gasteiger partial charge in [-0.25, -0.2) is 4.99 Å². The molecule has 0 saturated heterocycles. The Morgan fingerprint density at radius 3 is 2.41 bits per heavy atom. The second-order valence-corrected chi connectivity index (χ2v) is 7.13. The highest BCUT2D eigenvalue weighted by Gasteiger charge is 2.30. The molecule has 0 heterocycles. The quantitative estimate of drug-likeness (QED) is 0.489. The Morgan fingerprint density at radius 2 is 1.79 bits per heavy atom. The molecule has 29 heavy (non-hydrogen) atoms. The van der Waals surface area contributed by atoms with Crippen molar-refractivity contribution in [2.75, 3.05) is 20.6 Å². The van der Waals surface area contributed by atoms with Crippen LogP contribution in [0.15, 0.2) is 41.4 Å². The molecule has 0 saturated carbocycles. The Bertz CT molecular complexity index is 907. The number of halogens is 3. The van der Waals surface area contributed by atoms with Gasteiger partial charge in [-0.2, -0.15) is 13.2 Å². The van der Waals surface area contributed by atoms with Crippen molar-refractivity contribution in [3.8, 4) is 0 Å². The van der Waals surface area contributed by atoms with E-state index in [0.29, 0.717) is 11.1 Å². The summed E-state index contributed by atoms with van der Waals surface area (Å²) in [5.74, 6) is -0.246. The van der Waals surface area contributed by atoms with E-state index in [9.17, 15) is 18.0 Å². The lowest BCUT2D eigenvalue weighted by Crippen LogP contribution is -2.27. The first-order chi connectivity index (χ1) is 13.5. The Hall–Kier alpha value is -2.83. The summed E-state index contributed by atoms with van der Waals surface area (Å²) in [5.41, 5.74) is 2.62. The molecule has 4 nitrogen and oxygen atoms in total. The van der Waals surface area contributed by atoms with Crippen LogP contribution in [-0.2, 0) is 12.7 Å². The first-order valence-electron chi connectivity index (χ1n) is 9.30. The summed E-state index contributed by atoms with van der Waals surface area (Å²) in [6.07, 6.45) is -2.67. The maximum absolute atomic E-state index is 12.9. The second-order valence-electron chi connectivity index (χ2n) is 7.13. The van der Waals surface area contributed by atoms with Crippen LogP contribution in [0.4, 0.5) is 18.9 Å². The predicted molar refractivity (Wildman–Crippen MR) is 110 cm³/mol. The number of carbonyl (C=O) groups is 1. The second kappa shape index (κ2) is 9.11. The van der Waals surface area contributed by atoms with Gasteiger partial charge >= 0.3 is 6.18 Å². The molecule has 1 amide bonds. The van der Waals surface area contributed by atoms with Crippen LogP contribution in [0.5, 0.6) is 0 Å². The van der Waals surface area contributed by atoms with Gasteiger partial charge in [0.2, 0.25) is 0 Å². The minimum absolute atomic E-state index is 0.0858. The van der Waals surface area contributed by atoms with Gasteiger partial charge in [0.15, 0.2) is 0 Å². The number of hydrogen-bond acceptors (Lipinski definition) is 2. The van der Waals surface area contributed by atoms with Crippen molar-refractivity contribution in [2.45, 2.75) is 33.5 Å². The van der Waals surface area contributed by atoms with Crippen LogP contribution in [0.2, 0.25) is 0 Å². The van der Waals surface area contributed by atoms with Gasteiger partial charge in [0.25, 0.3) is 5.91 Å². The molecule has 0 atom stereocenters. The summed E-state index contributed by atoms with van der Waals surface area (Å²) in [6.45, 7) is 6.64. The molecule has 0 aliphatic rings. The van der Waals surface area contributed by atoms with Crippen LogP contribution >= 0.6 is 0 Å². The smallest absolute Gasteiger partial charge is 0.366 e. The van der Waals surface area contributed by atoms with Gasteiger partial charge in [0.05, 0.1) is 17.6 Å². The van der Waals surface area contributed by atoms with Gasteiger partial charge in [-0.05, 0) is 61.7 Å². The largest absolute Gasteiger partial charge is 0.416 e. The number of aryl methyl sites for hydroxylation is 2. The van der Waals surface area contributed by atoms with Crippen molar-refractivity contribution in [1.29, 1.82) is 0 Å². The number of hydrogen-bond donors (Lipinski definition) is 0. The minimum atomic E-state index is -4.41. The Balaban J connectivity index is 2.21. The van der Waals surface area contributed by atoms with E-state index in [1.54, 1.807) is 25.5 Å². The maximum atomic E-state index is 12.9. The molecule has 0 radical (unpaired) electrons. The van der Waals surface area contributed by atoms with Crippen LogP contribution < -0.4 is 0 Å². The number of carbonyl (C=O) groups excluding carboxylic acids is 1. The van der Waals surface area contributed by atoms with Gasteiger partial charge in [-0.3, -0.25) is 4.79 Å². The summed E-state index contributed by atoms with van der Waals surface area (Å²) < 4.78 is 38.7. The molecule has 0 spiro atoms. The van der Waals surface area contributed by atoms with E-state index in [2.05, 4.69) is 4.99 Å². The van der Waals surface area contributed by atoms with E-state index in [4.69, 9.17) is 0 Å². The van der Waals surface area contributed by atoms with Crippen molar-refractivity contribution < 1.29 is 18.0 Å². The highest BCUT2D eigenvalue weighted by atomic mass is 19.4. The Kier molecular flexibility index (Phi) is 7.06. The highest BCUT2D eigenvalue weighted by Crippen LogP contribution is 2.30. The molecule has 0 N–H and O–H groups in total. The van der Waals surface area contributed by atoms with Crippen LogP contribution in [0, 0.1) is 13.8 Å². The van der Waals surface area contributed by atoms with Crippen LogP contribution in [0.3, 0.4) is 0 Å². The predicted octanol–water partition coefficient (Wildman–Crippen LogP) is 5.21. The van der Waals surface area contributed by atoms with Gasteiger partial charge in [-0.1, -0.05) is 12.1 Å². The Labute approximate surface area is 169 Å². The fourth-order valence-electron chi connectivity index (χ4n) is 2.81. The molecule has 0 fully saturated rings. The SMILES string of the molecule is CCN(C)/C=N/c1cc(C)c(C(=O)N(C)Cc2cccc(C(F)(F)F)c2)cc1C. The third-order valence-corrected chi connectivity index (χ3v) is 4.69. The van der Waals surface area contributed by atoms with E-state index in [1.165, 1.54) is 11.0 Å². The van der Waals surface area contributed by atoms with E-state index in [-0.39, 0.29) is 12.5 Å². The number of nitrogens with zero attached hydrogens (tertiary/aromatic N) is 3. The van der Waals surface area contributed by atoms with Crippen molar-refractivity contribution >= 4 is 17.9 Å². The third kappa shape index (κ3) is 5.82. The molecule has 0 aliphatic carbocycles. The lowest BCUT2D eigenvalue weighted by atomic mass is 10.0. The van der Waals surface area contributed by atoms with Gasteiger partial charge < -0.3 is 9.80 Å². The van der Waals surface area contributed by atoms with Crippen molar-refractivity contribution in [3.05, 3.63) is 64.2 Å². The third-order valence-electron chi connectivity index (χ3n) is 4.69. The molecular weight excluding hydrogens is 379 g/mol. The maximum Gasteiger partial charge on any atom is 0.416 e. The summed E-state index contributed by atoms with van der Waals surface area (Å²) in [5, 5.41) is 0. The number of alkyl halides is 3. The van der Waals surface area contributed by atoms with Gasteiger partial charge in [-0.15, -0.1) is 0 Å². The zero-order valence-electron chi connectivity index (χ0n) is 17.3. The first kappa shape index (κ1) is 22.5. The Morgan fingerprint density at radius 1 is 1.10 bits per heavy atom. The minimum Gasteiger partial charge on any atom is -0.366 e. The summed E-state index contributed by atoms with van der Waals surface area (Å²) in [6, 6.07) is 8.66. The number of amides is 1. The zero-order valence-corrected chi connectivity index (χ0v) is 17.3. The van der Waals surface area contributed by atoms with Gasteiger partial charge in [0, 0.05) is 32.7 Å². The zero-order chi connectivity index (χ0) is 21.8. The normalized spacial score (nSPS) is 11.7. The summed E-state index contributed by atoms with van der Waals surface area (Å²) in [4.78, 5) is 20.7. The monoisotopic (exact) mass is 405 g/mol. The topological polar surface area (TPSA) is 35.9 Å². The first-order valence-corrected chi connectivity index (χ1v) is 9.30. The van der Waals surface area contributed by atoms with Crippen molar-refractivity contribution in [1.82, 2.24) is 9.80 Å². The van der Waals surface area contributed by atoms with Crippen molar-refractivity contribution in [3.63, 3.8) is 0 Å². The standard InChI is InChI=1S/C22H26F3N3O/c1-6-27(4)14-26-20-11-15(2)19(10-16(20)3)21(29)28(5)13-17-8-7-9-18(12-17)22(23,24)25/h7-12,14H,6,13H2,1-5H3/b26-14+. The molecule has 156 valence electrons. The van der Waals surface area contributed by atoms with Gasteiger partial charge in [0.1, 0.15) is 0 Å². The summed E-state index contributed by atoms with van der Waals surface area (Å²) >= 11 is 0. The molecular formula is C22H26F3N3O. The molecule has 2 rings (SSSR count). The van der Waals surface area contributed by atoms with E-state index < -0.39 is 11.7 Å². The number of benzene rings is 2. The highest BCUT2D eigenvalue weighted by molar-refractivity contribution is 5.96. The van der Waals surface area contributed by atoms with E-state index >= 15 is 0 Å². The van der Waals surface area contributed by atoms with Crippen LogP contribution in [-0.4, -0.2) is 42.7 Å². The molecule has 2 aromatic rings. The lowest BCUT2D eigenvalue weighted by molar-refractivity contribution is -0.137. The molecule has 0 bridgehead atoms. The lowest BCUT2D eigenvalue weighted by Gasteiger charge is -2.20. The van der Waals surface area contributed by atoms with Crippen LogP contribution in [0.1, 0.15) is 39.5 Å². The molecule has 0 unspecified atom stereocenters. The molecule has 0 aliphatic heterocycles.